The molecular formula is C26H37FO5. The maximum absolute atomic E-state index is 17.1. The Morgan fingerprint density at radius 2 is 1.94 bits per heavy atom. The molecule has 0 aliphatic heterocycles. The van der Waals surface area contributed by atoms with E-state index in [9.17, 15) is 19.8 Å². The summed E-state index contributed by atoms with van der Waals surface area (Å²) in [4.78, 5) is 25.3. The van der Waals surface area contributed by atoms with Gasteiger partial charge in [0.15, 0.2) is 17.2 Å². The van der Waals surface area contributed by atoms with Crippen LogP contribution in [0.2, 0.25) is 0 Å². The lowest BCUT2D eigenvalue weighted by molar-refractivity contribution is -0.220. The molecule has 0 spiro atoms. The van der Waals surface area contributed by atoms with Crippen LogP contribution < -0.4 is 0 Å². The number of Topliss-reactive ketones (excluding diaryl/α,β-unsaturated/α-hetero) is 1. The Bertz CT molecular complexity index is 902. The first kappa shape index (κ1) is 23.8. The second-order valence-corrected chi connectivity index (χ2v) is 12.0. The largest absolute Gasteiger partial charge is 0.390 e. The number of rotatable bonds is 3. The Balaban J connectivity index is 1.73. The van der Waals surface area contributed by atoms with Crippen molar-refractivity contribution in [2.24, 2.45) is 28.6 Å². The summed E-state index contributed by atoms with van der Waals surface area (Å²) >= 11 is 0. The number of halogens is 1. The molecule has 4 aliphatic carbocycles. The minimum absolute atomic E-state index is 0.0164. The van der Waals surface area contributed by atoms with Crippen LogP contribution in [0.3, 0.4) is 0 Å². The van der Waals surface area contributed by atoms with E-state index in [0.29, 0.717) is 19.3 Å². The van der Waals surface area contributed by atoms with Gasteiger partial charge in [0.1, 0.15) is 12.2 Å². The summed E-state index contributed by atoms with van der Waals surface area (Å²) in [5.74, 6) is -1.71. The molecule has 4 rings (SSSR count). The van der Waals surface area contributed by atoms with Crippen molar-refractivity contribution in [2.45, 2.75) is 90.2 Å². The van der Waals surface area contributed by atoms with E-state index < -0.39 is 45.5 Å². The van der Waals surface area contributed by atoms with Gasteiger partial charge in [0.2, 0.25) is 0 Å². The van der Waals surface area contributed by atoms with Gasteiger partial charge < -0.3 is 14.9 Å². The summed E-state index contributed by atoms with van der Waals surface area (Å²) < 4.78 is 22.8. The van der Waals surface area contributed by atoms with Crippen LogP contribution in [0.15, 0.2) is 23.8 Å². The van der Waals surface area contributed by atoms with Crippen LogP contribution in [0.25, 0.3) is 0 Å². The normalized spacial score (nSPS) is 48.0. The average molecular weight is 449 g/mol. The molecule has 4 aliphatic rings. The third-order valence-electron chi connectivity index (χ3n) is 9.28. The van der Waals surface area contributed by atoms with Crippen molar-refractivity contribution in [1.82, 2.24) is 0 Å². The molecule has 6 heteroatoms. The van der Waals surface area contributed by atoms with Gasteiger partial charge in [-0.3, -0.25) is 9.59 Å². The SMILES string of the molecule is C[C@H]1C[C@H]2[C@@H]3CCC4=CC(=O)C=C[C@]4(C)[C@@]3(F)[C@@H](O)C[C@]2(C)[C@@]1(O)C(=O)COC(C)(C)C. The van der Waals surface area contributed by atoms with Crippen molar-refractivity contribution in [1.29, 1.82) is 0 Å². The molecule has 5 nitrogen and oxygen atoms in total. The molecule has 0 aromatic heterocycles. The summed E-state index contributed by atoms with van der Waals surface area (Å²) in [6.45, 7) is 10.8. The molecule has 0 bridgehead atoms. The molecule has 0 aromatic rings. The van der Waals surface area contributed by atoms with Gasteiger partial charge in [0, 0.05) is 16.7 Å². The van der Waals surface area contributed by atoms with Gasteiger partial charge in [-0.2, -0.15) is 0 Å². The Morgan fingerprint density at radius 1 is 1.28 bits per heavy atom. The van der Waals surface area contributed by atoms with Crippen LogP contribution in [0.5, 0.6) is 0 Å². The summed E-state index contributed by atoms with van der Waals surface area (Å²) in [7, 11) is 0. The molecule has 32 heavy (non-hydrogen) atoms. The zero-order chi connectivity index (χ0) is 23.9. The predicted molar refractivity (Wildman–Crippen MR) is 119 cm³/mol. The molecule has 0 heterocycles. The number of ketones is 2. The van der Waals surface area contributed by atoms with Crippen LogP contribution in [0.4, 0.5) is 4.39 Å². The topological polar surface area (TPSA) is 83.8 Å². The first-order valence-electron chi connectivity index (χ1n) is 11.8. The van der Waals surface area contributed by atoms with E-state index in [1.54, 1.807) is 13.0 Å². The minimum atomic E-state index is -1.96. The molecule has 2 N–H and O–H groups in total. The minimum Gasteiger partial charge on any atom is -0.390 e. The van der Waals surface area contributed by atoms with Crippen molar-refractivity contribution in [3.05, 3.63) is 23.8 Å². The van der Waals surface area contributed by atoms with Crippen molar-refractivity contribution in [3.63, 3.8) is 0 Å². The Hall–Kier alpha value is -1.37. The number of hydrogen-bond donors (Lipinski definition) is 2. The number of aliphatic hydroxyl groups excluding tert-OH is 1. The summed E-state index contributed by atoms with van der Waals surface area (Å²) in [6, 6.07) is 0. The second-order valence-electron chi connectivity index (χ2n) is 12.0. The van der Waals surface area contributed by atoms with Gasteiger partial charge in [0.25, 0.3) is 0 Å². The van der Waals surface area contributed by atoms with E-state index in [2.05, 4.69) is 0 Å². The third-order valence-corrected chi connectivity index (χ3v) is 9.28. The van der Waals surface area contributed by atoms with Crippen molar-refractivity contribution < 1.29 is 28.9 Å². The standard InChI is InChI=1S/C26H37FO5/c1-15-11-19-18-8-7-16-12-17(28)9-10-23(16,5)25(18,27)20(29)13-24(19,6)26(15,31)21(30)14-32-22(2,3)4/h9-10,12,15,18-20,29,31H,7-8,11,13-14H2,1-6H3/t15-,18-,19-,20-,23-,24-,25-,26-/m0/s1. The fourth-order valence-corrected chi connectivity index (χ4v) is 7.53. The maximum Gasteiger partial charge on any atom is 0.190 e. The van der Waals surface area contributed by atoms with Crippen molar-refractivity contribution in [2.75, 3.05) is 6.61 Å². The molecule has 0 saturated heterocycles. The van der Waals surface area contributed by atoms with Gasteiger partial charge in [0.05, 0.1) is 11.7 Å². The van der Waals surface area contributed by atoms with Gasteiger partial charge in [-0.15, -0.1) is 0 Å². The van der Waals surface area contributed by atoms with E-state index >= 15 is 4.39 Å². The smallest absolute Gasteiger partial charge is 0.190 e. The third kappa shape index (κ3) is 2.91. The fourth-order valence-electron chi connectivity index (χ4n) is 7.53. The van der Waals surface area contributed by atoms with E-state index in [-0.39, 0.29) is 30.6 Å². The molecule has 0 unspecified atom stereocenters. The fraction of sp³-hybridized carbons (Fsp3) is 0.769. The molecule has 0 amide bonds. The number of carbonyl (C=O) groups excluding carboxylic acids is 2. The van der Waals surface area contributed by atoms with Crippen LogP contribution >= 0.6 is 0 Å². The zero-order valence-electron chi connectivity index (χ0n) is 20.1. The van der Waals surface area contributed by atoms with Gasteiger partial charge in [-0.05, 0) is 77.4 Å². The Kier molecular flexibility index (Phi) is 5.25. The number of ether oxygens (including phenoxy) is 1. The average Bonchev–Trinajstić information content (AvgIpc) is 2.89. The first-order chi connectivity index (χ1) is 14.6. The molecule has 8 atom stereocenters. The highest BCUT2D eigenvalue weighted by Crippen LogP contribution is 2.70. The summed E-state index contributed by atoms with van der Waals surface area (Å²) in [6.07, 6.45) is 4.70. The lowest BCUT2D eigenvalue weighted by Gasteiger charge is -2.62. The van der Waals surface area contributed by atoms with Gasteiger partial charge in [-0.25, -0.2) is 4.39 Å². The van der Waals surface area contributed by atoms with E-state index in [0.717, 1.165) is 5.57 Å². The molecule has 3 fully saturated rings. The maximum atomic E-state index is 17.1. The van der Waals surface area contributed by atoms with Crippen LogP contribution in [-0.4, -0.2) is 51.4 Å². The van der Waals surface area contributed by atoms with Crippen LogP contribution in [0, 0.1) is 28.6 Å². The van der Waals surface area contributed by atoms with E-state index in [4.69, 9.17) is 4.74 Å². The Morgan fingerprint density at radius 3 is 2.56 bits per heavy atom. The highest BCUT2D eigenvalue weighted by molar-refractivity contribution is 6.01. The van der Waals surface area contributed by atoms with E-state index in [1.807, 2.05) is 34.6 Å². The molecular weight excluding hydrogens is 411 g/mol. The Labute approximate surface area is 190 Å². The molecule has 0 radical (unpaired) electrons. The summed E-state index contributed by atoms with van der Waals surface area (Å²) in [5, 5.41) is 23.2. The molecule has 0 aromatic carbocycles. The van der Waals surface area contributed by atoms with Crippen molar-refractivity contribution in [3.8, 4) is 0 Å². The monoisotopic (exact) mass is 448 g/mol. The highest BCUT2D eigenvalue weighted by atomic mass is 19.1. The number of hydrogen-bond acceptors (Lipinski definition) is 5. The first-order valence-corrected chi connectivity index (χ1v) is 11.8. The van der Waals surface area contributed by atoms with Crippen molar-refractivity contribution >= 4 is 11.6 Å². The number of carbonyl (C=O) groups is 2. The number of allylic oxidation sites excluding steroid dienone is 4. The molecule has 3 saturated carbocycles. The van der Waals surface area contributed by atoms with Gasteiger partial charge in [-0.1, -0.05) is 25.5 Å². The lowest BCUT2D eigenvalue weighted by Crippen LogP contribution is -2.69. The second kappa shape index (κ2) is 7.07. The number of alkyl halides is 1. The molecule has 178 valence electrons. The number of aliphatic hydroxyl groups is 2. The van der Waals surface area contributed by atoms with Gasteiger partial charge >= 0.3 is 0 Å². The van der Waals surface area contributed by atoms with Crippen LogP contribution in [0.1, 0.15) is 67.2 Å². The van der Waals surface area contributed by atoms with Crippen LogP contribution in [-0.2, 0) is 14.3 Å². The zero-order valence-corrected chi connectivity index (χ0v) is 20.1. The quantitative estimate of drug-likeness (QED) is 0.688. The lowest BCUT2D eigenvalue weighted by atomic mass is 9.44. The number of fused-ring (bicyclic) bond motifs is 5. The highest BCUT2D eigenvalue weighted by Gasteiger charge is 2.75. The summed E-state index contributed by atoms with van der Waals surface area (Å²) in [5.41, 5.74) is -5.50. The van der Waals surface area contributed by atoms with E-state index in [1.165, 1.54) is 12.2 Å². The predicted octanol–water partition coefficient (Wildman–Crippen LogP) is 3.72.